The van der Waals surface area contributed by atoms with E-state index in [1.165, 1.54) is 19.2 Å². The van der Waals surface area contributed by atoms with Gasteiger partial charge in [-0.3, -0.25) is 4.79 Å². The van der Waals surface area contributed by atoms with E-state index in [2.05, 4.69) is 4.72 Å². The Hall–Kier alpha value is -1.60. The molecule has 0 aromatic heterocycles. The van der Waals surface area contributed by atoms with Crippen LogP contribution in [0, 0.1) is 6.92 Å². The quantitative estimate of drug-likeness (QED) is 0.857. The molecule has 7 heteroatoms. The van der Waals surface area contributed by atoms with Crippen molar-refractivity contribution in [3.63, 3.8) is 0 Å². The number of rotatable bonds is 6. The zero-order valence-corrected chi connectivity index (χ0v) is 14.3. The van der Waals surface area contributed by atoms with E-state index in [9.17, 15) is 13.2 Å². The molecule has 0 saturated carbocycles. The fraction of sp³-hybridized carbons (Fsp3) is 0.562. The average molecular weight is 341 g/mol. The molecule has 1 aromatic carbocycles. The Morgan fingerprint density at radius 1 is 1.39 bits per heavy atom. The van der Waals surface area contributed by atoms with Crippen LogP contribution in [0.2, 0.25) is 0 Å². The molecule has 1 aliphatic rings. The number of sulfonamides is 1. The van der Waals surface area contributed by atoms with Crippen molar-refractivity contribution in [3.05, 3.63) is 23.8 Å². The van der Waals surface area contributed by atoms with Crippen LogP contribution in [0.3, 0.4) is 0 Å². The predicted octanol–water partition coefficient (Wildman–Crippen LogP) is 2.16. The van der Waals surface area contributed by atoms with Crippen LogP contribution in [0.5, 0.6) is 5.75 Å². The third-order valence-electron chi connectivity index (χ3n) is 3.89. The second-order valence-electron chi connectivity index (χ2n) is 5.69. The highest BCUT2D eigenvalue weighted by Crippen LogP contribution is 2.21. The summed E-state index contributed by atoms with van der Waals surface area (Å²) in [5.41, 5.74) is 0.693. The van der Waals surface area contributed by atoms with Gasteiger partial charge < -0.3 is 9.47 Å². The number of hydrogen-bond donors (Lipinski definition) is 1. The molecule has 0 radical (unpaired) electrons. The van der Waals surface area contributed by atoms with Gasteiger partial charge in [0.05, 0.1) is 18.1 Å². The first kappa shape index (κ1) is 17.7. The van der Waals surface area contributed by atoms with Crippen molar-refractivity contribution in [2.24, 2.45) is 0 Å². The van der Waals surface area contributed by atoms with Gasteiger partial charge in [0.2, 0.25) is 5.91 Å². The second-order valence-corrected chi connectivity index (χ2v) is 7.37. The van der Waals surface area contributed by atoms with E-state index >= 15 is 0 Å². The largest absolute Gasteiger partial charge is 0.496 e. The lowest BCUT2D eigenvalue weighted by Crippen LogP contribution is -2.31. The van der Waals surface area contributed by atoms with Crippen LogP contribution < -0.4 is 9.46 Å². The molecule has 1 heterocycles. The number of amides is 1. The Kier molecular flexibility index (Phi) is 6.01. The van der Waals surface area contributed by atoms with Gasteiger partial charge in [0.1, 0.15) is 5.75 Å². The van der Waals surface area contributed by atoms with Crippen molar-refractivity contribution in [2.75, 3.05) is 13.7 Å². The number of methoxy groups -OCH3 is 1. The Labute approximate surface area is 137 Å². The van der Waals surface area contributed by atoms with Gasteiger partial charge in [-0.15, -0.1) is 0 Å². The first-order valence-electron chi connectivity index (χ1n) is 7.74. The Bertz CT molecular complexity index is 650. The van der Waals surface area contributed by atoms with E-state index in [4.69, 9.17) is 9.47 Å². The van der Waals surface area contributed by atoms with Crippen LogP contribution >= 0.6 is 0 Å². The van der Waals surface area contributed by atoms with E-state index in [1.807, 2.05) is 0 Å². The molecule has 1 saturated heterocycles. The minimum Gasteiger partial charge on any atom is -0.496 e. The average Bonchev–Trinajstić information content (AvgIpc) is 2.53. The molecule has 1 amide bonds. The number of nitrogens with one attached hydrogen (secondary N) is 1. The molecule has 1 aromatic rings. The summed E-state index contributed by atoms with van der Waals surface area (Å²) in [4.78, 5) is 12.0. The van der Waals surface area contributed by atoms with Gasteiger partial charge in [0.15, 0.2) is 0 Å². The van der Waals surface area contributed by atoms with Gasteiger partial charge in [-0.25, -0.2) is 13.1 Å². The molecule has 1 N–H and O–H groups in total. The van der Waals surface area contributed by atoms with Gasteiger partial charge in [-0.2, -0.15) is 0 Å². The van der Waals surface area contributed by atoms with Crippen LogP contribution in [-0.2, 0) is 19.6 Å². The topological polar surface area (TPSA) is 81.7 Å². The number of hydrogen-bond acceptors (Lipinski definition) is 5. The molecular weight excluding hydrogens is 318 g/mol. The van der Waals surface area contributed by atoms with Gasteiger partial charge in [-0.05, 0) is 56.4 Å². The normalized spacial score (nSPS) is 18.4. The van der Waals surface area contributed by atoms with E-state index in [1.54, 1.807) is 13.0 Å². The molecule has 0 bridgehead atoms. The molecule has 1 atom stereocenters. The van der Waals surface area contributed by atoms with Gasteiger partial charge in [0, 0.05) is 13.0 Å². The maximum absolute atomic E-state index is 12.2. The molecule has 0 spiro atoms. The molecule has 1 unspecified atom stereocenters. The highest BCUT2D eigenvalue weighted by molar-refractivity contribution is 7.90. The summed E-state index contributed by atoms with van der Waals surface area (Å²) in [7, 11) is -2.34. The summed E-state index contributed by atoms with van der Waals surface area (Å²) >= 11 is 0. The number of carbonyl (C=O) groups excluding carboxylic acids is 1. The SMILES string of the molecule is COc1ccc(S(=O)(=O)NC(=O)CCC2CCCCO2)cc1C. The maximum atomic E-state index is 12.2. The molecule has 0 aliphatic carbocycles. The lowest BCUT2D eigenvalue weighted by Gasteiger charge is -2.22. The van der Waals surface area contributed by atoms with Crippen LogP contribution in [0.15, 0.2) is 23.1 Å². The zero-order valence-electron chi connectivity index (χ0n) is 13.5. The van der Waals surface area contributed by atoms with E-state index < -0.39 is 15.9 Å². The van der Waals surface area contributed by atoms with Crippen LogP contribution in [-0.4, -0.2) is 34.1 Å². The minimum absolute atomic E-state index is 0.0538. The highest BCUT2D eigenvalue weighted by atomic mass is 32.2. The van der Waals surface area contributed by atoms with Gasteiger partial charge >= 0.3 is 0 Å². The third kappa shape index (κ3) is 4.94. The van der Waals surface area contributed by atoms with Crippen LogP contribution in [0.1, 0.15) is 37.7 Å². The standard InChI is InChI=1S/C16H23NO5S/c1-12-11-14(7-8-15(12)21-2)23(19,20)17-16(18)9-6-13-5-3-4-10-22-13/h7-8,11,13H,3-6,9-10H2,1-2H3,(H,17,18). The van der Waals surface area contributed by atoms with Gasteiger partial charge in [0.25, 0.3) is 10.0 Å². The minimum atomic E-state index is -3.86. The number of ether oxygens (including phenoxy) is 2. The lowest BCUT2D eigenvalue weighted by atomic mass is 10.0. The first-order chi connectivity index (χ1) is 10.9. The molecular formula is C16H23NO5S. The summed E-state index contributed by atoms with van der Waals surface area (Å²) in [6.45, 7) is 2.47. The summed E-state index contributed by atoms with van der Waals surface area (Å²) < 4.78 is 37.2. The van der Waals surface area contributed by atoms with Crippen molar-refractivity contribution in [3.8, 4) is 5.75 Å². The number of aryl methyl sites for hydroxylation is 1. The Balaban J connectivity index is 1.94. The molecule has 23 heavy (non-hydrogen) atoms. The summed E-state index contributed by atoms with van der Waals surface area (Å²) in [5, 5.41) is 0. The Morgan fingerprint density at radius 3 is 2.78 bits per heavy atom. The van der Waals surface area contributed by atoms with Crippen molar-refractivity contribution in [2.45, 2.75) is 50.0 Å². The molecule has 1 fully saturated rings. The Morgan fingerprint density at radius 2 is 2.17 bits per heavy atom. The third-order valence-corrected chi connectivity index (χ3v) is 5.26. The predicted molar refractivity (Wildman–Crippen MR) is 85.9 cm³/mol. The van der Waals surface area contributed by atoms with Crippen LogP contribution in [0.4, 0.5) is 0 Å². The van der Waals surface area contributed by atoms with Gasteiger partial charge in [-0.1, -0.05) is 0 Å². The van der Waals surface area contributed by atoms with E-state index in [0.717, 1.165) is 25.9 Å². The lowest BCUT2D eigenvalue weighted by molar-refractivity contribution is -0.120. The molecule has 2 rings (SSSR count). The molecule has 1 aliphatic heterocycles. The highest BCUT2D eigenvalue weighted by Gasteiger charge is 2.20. The summed E-state index contributed by atoms with van der Waals surface area (Å²) in [6.07, 6.45) is 3.81. The fourth-order valence-corrected chi connectivity index (χ4v) is 3.70. The number of carbonyl (C=O) groups is 1. The zero-order chi connectivity index (χ0) is 16.9. The number of benzene rings is 1. The van der Waals surface area contributed by atoms with Crippen molar-refractivity contribution < 1.29 is 22.7 Å². The second kappa shape index (κ2) is 7.79. The van der Waals surface area contributed by atoms with Crippen molar-refractivity contribution in [1.82, 2.24) is 4.72 Å². The smallest absolute Gasteiger partial charge is 0.264 e. The maximum Gasteiger partial charge on any atom is 0.264 e. The van der Waals surface area contributed by atoms with E-state index in [0.29, 0.717) is 17.7 Å². The fourth-order valence-electron chi connectivity index (χ4n) is 2.61. The monoisotopic (exact) mass is 341 g/mol. The molecule has 6 nitrogen and oxygen atoms in total. The van der Waals surface area contributed by atoms with E-state index in [-0.39, 0.29) is 17.4 Å². The summed E-state index contributed by atoms with van der Waals surface area (Å²) in [5.74, 6) is 0.0948. The first-order valence-corrected chi connectivity index (χ1v) is 9.22. The van der Waals surface area contributed by atoms with Crippen LogP contribution in [0.25, 0.3) is 0 Å². The summed E-state index contributed by atoms with van der Waals surface area (Å²) in [6, 6.07) is 4.48. The molecule has 128 valence electrons. The van der Waals surface area contributed by atoms with Crippen molar-refractivity contribution in [1.29, 1.82) is 0 Å². The van der Waals surface area contributed by atoms with Crippen molar-refractivity contribution >= 4 is 15.9 Å².